The summed E-state index contributed by atoms with van der Waals surface area (Å²) in [6.45, 7) is 6.22. The van der Waals surface area contributed by atoms with E-state index in [0.717, 1.165) is 24.9 Å². The van der Waals surface area contributed by atoms with Crippen LogP contribution in [0.2, 0.25) is 18.6 Å². The molecule has 2 aromatic carbocycles. The van der Waals surface area contributed by atoms with E-state index in [1.807, 2.05) is 61.3 Å². The van der Waals surface area contributed by atoms with Crippen molar-refractivity contribution in [2.75, 3.05) is 11.5 Å². The monoisotopic (exact) mass is 615 g/mol. The summed E-state index contributed by atoms with van der Waals surface area (Å²) in [4.78, 5) is 27.0. The molecule has 0 aromatic heterocycles. The first-order valence-corrected chi connectivity index (χ1v) is 15.4. The predicted molar refractivity (Wildman–Crippen MR) is 135 cm³/mol. The van der Waals surface area contributed by atoms with E-state index in [1.54, 1.807) is 0 Å². The van der Waals surface area contributed by atoms with Crippen LogP contribution in [0, 0.1) is 9.49 Å². The molecular weight excluding hydrogens is 589 g/mol. The third-order valence-corrected chi connectivity index (χ3v) is 10.3. The molecule has 2 aromatic rings. The minimum absolute atomic E-state index is 0.0415. The normalized spacial score (nSPS) is 27.9. The van der Waals surface area contributed by atoms with E-state index in [1.165, 1.54) is 0 Å². The number of carbonyl (C=O) groups excluding carboxylic acids is 1. The highest BCUT2D eigenvalue weighted by Crippen LogP contribution is 2.60. The standard InChI is InChI=1S/C23H27BrINO4Si/c1-14-21(31(2,3)29)20(9-10-27)30-23(14)18-12-16(24)7-8-19(18)26(22(23)28)13-15-5-4-6-17(25)11-15/h4-8,11-12,14,20-21,27,29H,9-10,13H2,1-3H3/t14-,20+,21-,23+/m0/s1. The van der Waals surface area contributed by atoms with E-state index in [9.17, 15) is 14.7 Å². The molecule has 4 rings (SSSR count). The fourth-order valence-corrected chi connectivity index (χ4v) is 8.99. The number of hydrogen-bond acceptors (Lipinski definition) is 4. The SMILES string of the molecule is C[C@H]1[C@H]([Si](C)(C)O)[C@@H](CCO)O[C@]12C(=O)N(Cc1cccc(I)c1)c1ccc(Br)cc12. The Morgan fingerprint density at radius 2 is 2.00 bits per heavy atom. The molecule has 4 atom stereocenters. The zero-order valence-electron chi connectivity index (χ0n) is 17.8. The zero-order valence-corrected chi connectivity index (χ0v) is 22.6. The van der Waals surface area contributed by atoms with Crippen LogP contribution in [-0.4, -0.2) is 36.8 Å². The number of anilines is 1. The number of amides is 1. The number of nitrogens with zero attached hydrogens (tertiary/aromatic N) is 1. The fraction of sp³-hybridized carbons (Fsp3) is 0.435. The Morgan fingerprint density at radius 3 is 2.65 bits per heavy atom. The lowest BCUT2D eigenvalue weighted by atomic mass is 9.82. The van der Waals surface area contributed by atoms with Crippen molar-refractivity contribution in [1.82, 2.24) is 0 Å². The van der Waals surface area contributed by atoms with Gasteiger partial charge in [-0.15, -0.1) is 0 Å². The van der Waals surface area contributed by atoms with Gasteiger partial charge in [0.15, 0.2) is 13.9 Å². The molecule has 1 spiro atoms. The van der Waals surface area contributed by atoms with Crippen molar-refractivity contribution in [3.8, 4) is 0 Å². The lowest BCUT2D eigenvalue weighted by Gasteiger charge is -2.32. The lowest BCUT2D eigenvalue weighted by molar-refractivity contribution is -0.146. The summed E-state index contributed by atoms with van der Waals surface area (Å²) < 4.78 is 8.59. The van der Waals surface area contributed by atoms with Gasteiger partial charge < -0.3 is 19.5 Å². The number of fused-ring (bicyclic) bond motifs is 2. The molecule has 1 saturated heterocycles. The second-order valence-electron chi connectivity index (χ2n) is 9.06. The van der Waals surface area contributed by atoms with Crippen molar-refractivity contribution in [2.24, 2.45) is 5.92 Å². The van der Waals surface area contributed by atoms with Gasteiger partial charge in [-0.1, -0.05) is 35.0 Å². The van der Waals surface area contributed by atoms with Gasteiger partial charge in [0.05, 0.1) is 18.3 Å². The first-order valence-electron chi connectivity index (χ1n) is 10.5. The Kier molecular flexibility index (Phi) is 6.43. The van der Waals surface area contributed by atoms with Crippen LogP contribution in [0.5, 0.6) is 0 Å². The number of carbonyl (C=O) groups is 1. The minimum atomic E-state index is -2.67. The minimum Gasteiger partial charge on any atom is -0.432 e. The van der Waals surface area contributed by atoms with Crippen LogP contribution in [-0.2, 0) is 21.7 Å². The second kappa shape index (κ2) is 8.53. The molecule has 0 unspecified atom stereocenters. The number of benzene rings is 2. The first kappa shape index (κ1) is 23.4. The van der Waals surface area contributed by atoms with E-state index >= 15 is 0 Å². The molecule has 2 N–H and O–H groups in total. The molecular formula is C23H27BrINO4Si. The quantitative estimate of drug-likeness (QED) is 0.375. The van der Waals surface area contributed by atoms with E-state index < -0.39 is 13.9 Å². The molecule has 166 valence electrons. The Balaban J connectivity index is 1.83. The Hall–Kier alpha value is -0.783. The molecule has 0 saturated carbocycles. The number of ether oxygens (including phenoxy) is 1. The Morgan fingerprint density at radius 1 is 1.26 bits per heavy atom. The molecule has 1 amide bonds. The highest BCUT2D eigenvalue weighted by molar-refractivity contribution is 14.1. The Bertz CT molecular complexity index is 1010. The fourth-order valence-electron chi connectivity index (χ4n) is 5.42. The van der Waals surface area contributed by atoms with Crippen LogP contribution in [0.1, 0.15) is 24.5 Å². The number of aliphatic hydroxyl groups is 1. The maximum Gasteiger partial charge on any atom is 0.264 e. The maximum atomic E-state index is 14.1. The topological polar surface area (TPSA) is 70.0 Å². The summed E-state index contributed by atoms with van der Waals surface area (Å²) in [5.41, 5.74) is 1.43. The van der Waals surface area contributed by atoms with Gasteiger partial charge in [0.2, 0.25) is 0 Å². The molecule has 2 aliphatic rings. The van der Waals surface area contributed by atoms with Crippen LogP contribution in [0.3, 0.4) is 0 Å². The summed E-state index contributed by atoms with van der Waals surface area (Å²) >= 11 is 5.84. The molecule has 0 bridgehead atoms. The summed E-state index contributed by atoms with van der Waals surface area (Å²) in [6, 6.07) is 14.0. The van der Waals surface area contributed by atoms with E-state index in [-0.39, 0.29) is 30.1 Å². The number of aliphatic hydroxyl groups excluding tert-OH is 1. The molecule has 8 heteroatoms. The highest BCUT2D eigenvalue weighted by atomic mass is 127. The molecule has 5 nitrogen and oxygen atoms in total. The lowest BCUT2D eigenvalue weighted by Crippen LogP contribution is -2.46. The van der Waals surface area contributed by atoms with Gasteiger partial charge in [0, 0.05) is 31.7 Å². The third-order valence-electron chi connectivity index (χ3n) is 6.59. The van der Waals surface area contributed by atoms with Crippen LogP contribution in [0.4, 0.5) is 5.69 Å². The van der Waals surface area contributed by atoms with Gasteiger partial charge in [-0.25, -0.2) is 0 Å². The maximum absolute atomic E-state index is 14.1. The average molecular weight is 616 g/mol. The summed E-state index contributed by atoms with van der Waals surface area (Å²) in [5, 5.41) is 9.66. The van der Waals surface area contributed by atoms with Gasteiger partial charge in [-0.05, 0) is 78.0 Å². The Labute approximate surface area is 206 Å². The van der Waals surface area contributed by atoms with Crippen molar-refractivity contribution in [2.45, 2.75) is 50.2 Å². The zero-order chi connectivity index (χ0) is 22.6. The predicted octanol–water partition coefficient (Wildman–Crippen LogP) is 4.78. The van der Waals surface area contributed by atoms with Crippen molar-refractivity contribution >= 4 is 58.4 Å². The third kappa shape index (κ3) is 3.93. The van der Waals surface area contributed by atoms with Gasteiger partial charge in [-0.2, -0.15) is 0 Å². The smallest absolute Gasteiger partial charge is 0.264 e. The number of rotatable bonds is 5. The summed E-state index contributed by atoms with van der Waals surface area (Å²) in [5.74, 6) is -0.298. The molecule has 1 fully saturated rings. The van der Waals surface area contributed by atoms with Crippen molar-refractivity contribution < 1.29 is 19.4 Å². The van der Waals surface area contributed by atoms with Crippen LogP contribution < -0.4 is 4.90 Å². The summed E-state index contributed by atoms with van der Waals surface area (Å²) in [6.07, 6.45) is 0.0430. The van der Waals surface area contributed by atoms with Crippen molar-refractivity contribution in [1.29, 1.82) is 0 Å². The van der Waals surface area contributed by atoms with Crippen LogP contribution in [0.15, 0.2) is 46.9 Å². The van der Waals surface area contributed by atoms with E-state index in [0.29, 0.717) is 13.0 Å². The molecule has 2 aliphatic heterocycles. The first-order chi connectivity index (χ1) is 14.6. The van der Waals surface area contributed by atoms with E-state index in [2.05, 4.69) is 44.6 Å². The largest absolute Gasteiger partial charge is 0.432 e. The van der Waals surface area contributed by atoms with Crippen molar-refractivity contribution in [3.05, 3.63) is 61.6 Å². The highest BCUT2D eigenvalue weighted by Gasteiger charge is 2.66. The van der Waals surface area contributed by atoms with Gasteiger partial charge in [0.25, 0.3) is 5.91 Å². The van der Waals surface area contributed by atoms with Crippen LogP contribution >= 0.6 is 38.5 Å². The second-order valence-corrected chi connectivity index (χ2v) is 15.2. The summed E-state index contributed by atoms with van der Waals surface area (Å²) in [7, 11) is -2.67. The van der Waals surface area contributed by atoms with Crippen LogP contribution in [0.25, 0.3) is 0 Å². The number of halogens is 2. The average Bonchev–Trinajstić information content (AvgIpc) is 3.10. The molecule has 31 heavy (non-hydrogen) atoms. The molecule has 0 radical (unpaired) electrons. The van der Waals surface area contributed by atoms with Gasteiger partial charge in [0.1, 0.15) is 0 Å². The number of hydrogen-bond donors (Lipinski definition) is 2. The van der Waals surface area contributed by atoms with E-state index in [4.69, 9.17) is 4.74 Å². The van der Waals surface area contributed by atoms with Gasteiger partial charge >= 0.3 is 0 Å². The molecule has 2 heterocycles. The van der Waals surface area contributed by atoms with Crippen molar-refractivity contribution in [3.63, 3.8) is 0 Å². The molecule has 0 aliphatic carbocycles. The van der Waals surface area contributed by atoms with Gasteiger partial charge in [-0.3, -0.25) is 4.79 Å².